The third kappa shape index (κ3) is 6.48. The van der Waals surface area contributed by atoms with E-state index in [0.29, 0.717) is 0 Å². The molecule has 0 saturated heterocycles. The van der Waals surface area contributed by atoms with Gasteiger partial charge in [0.15, 0.2) is 0 Å². The fraction of sp³-hybridized carbons (Fsp3) is 0.500. The quantitative estimate of drug-likeness (QED) is 0.181. The minimum absolute atomic E-state index is 0.0339. The molecule has 1 heteroatoms. The second-order valence-corrected chi connectivity index (χ2v) is 22.7. The fourth-order valence-corrected chi connectivity index (χ4v) is 23.1. The van der Waals surface area contributed by atoms with Crippen molar-refractivity contribution in [3.63, 3.8) is 0 Å². The number of unbranched alkanes of at least 4 members (excludes halogenated alkanes) is 3. The Morgan fingerprint density at radius 1 is 0.690 bits per heavy atom. The second kappa shape index (κ2) is 12.6. The Morgan fingerprint density at radius 2 is 1.07 bits per heavy atom. The predicted molar refractivity (Wildman–Crippen MR) is 134 cm³/mol. The molecular weight excluding hydrogens is 455 g/mol. The molecule has 2 aromatic rings. The first-order valence-corrected chi connectivity index (χ1v) is 20.0. The molecule has 0 N–H and O–H groups in total. The van der Waals surface area contributed by atoms with Gasteiger partial charge in [-0.3, -0.25) is 0 Å². The van der Waals surface area contributed by atoms with Gasteiger partial charge < -0.3 is 0 Å². The van der Waals surface area contributed by atoms with Crippen LogP contribution in [0.5, 0.6) is 0 Å². The summed E-state index contributed by atoms with van der Waals surface area (Å²) in [6.45, 7) is 11.5. The van der Waals surface area contributed by atoms with E-state index in [1.54, 1.807) is 13.3 Å². The van der Waals surface area contributed by atoms with Gasteiger partial charge in [0, 0.05) is 0 Å². The van der Waals surface area contributed by atoms with Gasteiger partial charge in [-0.25, -0.2) is 0 Å². The number of hydrogen-bond donors (Lipinski definition) is 0. The topological polar surface area (TPSA) is 0 Å². The van der Waals surface area contributed by atoms with Crippen molar-refractivity contribution in [3.05, 3.63) is 84.4 Å². The van der Waals surface area contributed by atoms with Crippen molar-refractivity contribution >= 4 is 18.4 Å². The molecule has 0 bridgehead atoms. The third-order valence-corrected chi connectivity index (χ3v) is 22.6. The molecule has 0 amide bonds. The minimum atomic E-state index is -2.39. The molecular formula is C28H42Sn. The summed E-state index contributed by atoms with van der Waals surface area (Å²) < 4.78 is 6.00. The van der Waals surface area contributed by atoms with Crippen molar-refractivity contribution < 1.29 is 0 Å². The summed E-state index contributed by atoms with van der Waals surface area (Å²) in [6, 6.07) is 22.5. The first kappa shape index (κ1) is 24.3. The van der Waals surface area contributed by atoms with E-state index in [2.05, 4.69) is 94.1 Å². The van der Waals surface area contributed by atoms with Crippen LogP contribution in [-0.2, 0) is 5.41 Å². The molecule has 158 valence electrons. The van der Waals surface area contributed by atoms with Gasteiger partial charge in [-0.1, -0.05) is 0 Å². The molecule has 0 spiro atoms. The molecule has 0 heterocycles. The Bertz CT molecular complexity index is 627. The molecule has 0 fully saturated rings. The van der Waals surface area contributed by atoms with Crippen LogP contribution in [0.15, 0.2) is 73.3 Å². The summed E-state index contributed by atoms with van der Waals surface area (Å²) in [5.41, 5.74) is 2.84. The van der Waals surface area contributed by atoms with Gasteiger partial charge in [-0.2, -0.15) is 0 Å². The molecule has 2 aromatic carbocycles. The van der Waals surface area contributed by atoms with Crippen LogP contribution in [0.1, 0.15) is 70.4 Å². The second-order valence-electron chi connectivity index (χ2n) is 8.89. The maximum atomic E-state index is 4.44. The summed E-state index contributed by atoms with van der Waals surface area (Å²) >= 11 is -2.39. The van der Waals surface area contributed by atoms with E-state index in [9.17, 15) is 0 Å². The normalized spacial score (nSPS) is 12.1. The fourth-order valence-electron chi connectivity index (χ4n) is 5.04. The van der Waals surface area contributed by atoms with Crippen molar-refractivity contribution in [2.24, 2.45) is 0 Å². The van der Waals surface area contributed by atoms with Crippen LogP contribution in [0.3, 0.4) is 0 Å². The van der Waals surface area contributed by atoms with E-state index >= 15 is 0 Å². The molecule has 0 saturated carbocycles. The predicted octanol–water partition coefficient (Wildman–Crippen LogP) is 9.01. The summed E-state index contributed by atoms with van der Waals surface area (Å²) in [5.74, 6) is 0. The van der Waals surface area contributed by atoms with Crippen LogP contribution >= 0.6 is 0 Å². The zero-order valence-electron chi connectivity index (χ0n) is 19.1. The summed E-state index contributed by atoms with van der Waals surface area (Å²) in [6.07, 6.45) is 10.5. The van der Waals surface area contributed by atoms with Crippen LogP contribution in [0.4, 0.5) is 0 Å². The molecule has 0 aliphatic heterocycles. The van der Waals surface area contributed by atoms with Crippen molar-refractivity contribution in [1.29, 1.82) is 0 Å². The van der Waals surface area contributed by atoms with Crippen molar-refractivity contribution in [2.45, 2.75) is 82.5 Å². The van der Waals surface area contributed by atoms with Crippen LogP contribution < -0.4 is 0 Å². The van der Waals surface area contributed by atoms with Crippen LogP contribution in [0.2, 0.25) is 17.7 Å². The summed E-state index contributed by atoms with van der Waals surface area (Å²) in [7, 11) is 0. The Hall–Kier alpha value is -1.02. The summed E-state index contributed by atoms with van der Waals surface area (Å²) in [5, 5.41) is 0. The molecule has 0 aromatic heterocycles. The van der Waals surface area contributed by atoms with Gasteiger partial charge in [-0.15, -0.1) is 0 Å². The number of benzene rings is 2. The first-order chi connectivity index (χ1) is 14.2. The monoisotopic (exact) mass is 498 g/mol. The zero-order chi connectivity index (χ0) is 21.0. The molecule has 0 radical (unpaired) electrons. The molecule has 0 unspecified atom stereocenters. The van der Waals surface area contributed by atoms with Gasteiger partial charge in [0.1, 0.15) is 0 Å². The number of hydrogen-bond acceptors (Lipinski definition) is 0. The van der Waals surface area contributed by atoms with Crippen molar-refractivity contribution in [2.75, 3.05) is 0 Å². The van der Waals surface area contributed by atoms with Crippen LogP contribution in [0.25, 0.3) is 0 Å². The molecule has 29 heavy (non-hydrogen) atoms. The van der Waals surface area contributed by atoms with Gasteiger partial charge in [0.2, 0.25) is 0 Å². The Labute approximate surface area is 184 Å². The molecule has 0 nitrogen and oxygen atoms in total. The van der Waals surface area contributed by atoms with E-state index in [4.69, 9.17) is 0 Å². The third-order valence-electron chi connectivity index (χ3n) is 6.76. The molecule has 2 rings (SSSR count). The summed E-state index contributed by atoms with van der Waals surface area (Å²) in [4.78, 5) is 0. The van der Waals surface area contributed by atoms with Crippen LogP contribution in [-0.4, -0.2) is 18.4 Å². The zero-order valence-corrected chi connectivity index (χ0v) is 22.0. The average Bonchev–Trinajstić information content (AvgIpc) is 2.79. The van der Waals surface area contributed by atoms with Crippen molar-refractivity contribution in [3.8, 4) is 0 Å². The number of allylic oxidation sites excluding steroid dienone is 1. The van der Waals surface area contributed by atoms with E-state index in [1.165, 1.54) is 54.1 Å². The van der Waals surface area contributed by atoms with Gasteiger partial charge in [0.25, 0.3) is 0 Å². The van der Waals surface area contributed by atoms with E-state index in [-0.39, 0.29) is 5.41 Å². The average molecular weight is 497 g/mol. The Balaban J connectivity index is 2.57. The standard InChI is InChI=1S/C16H15.3C4H9.Sn/c1-3-16(2,14-10-6-4-7-11-14)15-12-8-5-9-13-15;3*1-3-4-2;/h3-13H,1-2H2;3*1,3-4H2,2H3;. The molecule has 0 aliphatic rings. The Morgan fingerprint density at radius 3 is 1.38 bits per heavy atom. The Kier molecular flexibility index (Phi) is 10.6. The van der Waals surface area contributed by atoms with Gasteiger partial charge in [0.05, 0.1) is 0 Å². The number of rotatable bonds is 14. The van der Waals surface area contributed by atoms with Gasteiger partial charge >= 0.3 is 185 Å². The molecule has 0 aliphatic carbocycles. The first-order valence-electron chi connectivity index (χ1n) is 11.9. The maximum absolute atomic E-state index is 4.44. The van der Waals surface area contributed by atoms with E-state index in [0.717, 1.165) is 0 Å². The molecule has 0 atom stereocenters. The van der Waals surface area contributed by atoms with Crippen molar-refractivity contribution in [1.82, 2.24) is 0 Å². The van der Waals surface area contributed by atoms with E-state index < -0.39 is 18.4 Å². The van der Waals surface area contributed by atoms with E-state index in [1.807, 2.05) is 0 Å². The SMILES string of the molecule is C=CC([CH2][Sn]([CH2]CCC)([CH2]CCC)[CH2]CCC)(c1ccccc1)c1ccccc1. The van der Waals surface area contributed by atoms with Gasteiger partial charge in [-0.05, 0) is 0 Å². The van der Waals surface area contributed by atoms with Crippen LogP contribution in [0, 0.1) is 0 Å².